The number of nitrogens with zero attached hydrogens (tertiary/aromatic N) is 2. The largest absolute Gasteiger partial charge is 0.477 e. The van der Waals surface area contributed by atoms with Crippen molar-refractivity contribution in [1.29, 1.82) is 0 Å². The summed E-state index contributed by atoms with van der Waals surface area (Å²) >= 11 is 0. The number of hydrogen-bond acceptors (Lipinski definition) is 3. The van der Waals surface area contributed by atoms with Crippen molar-refractivity contribution in [2.24, 2.45) is 0 Å². The topological polar surface area (TPSA) is 69.2 Å². The molecule has 0 unspecified atom stereocenters. The summed E-state index contributed by atoms with van der Waals surface area (Å²) in [5.41, 5.74) is 3.03. The van der Waals surface area contributed by atoms with Gasteiger partial charge < -0.3 is 10.0 Å². The lowest BCUT2D eigenvalue weighted by atomic mass is 10.1. The van der Waals surface area contributed by atoms with E-state index < -0.39 is 5.97 Å². The van der Waals surface area contributed by atoms with Gasteiger partial charge in [-0.2, -0.15) is 5.10 Å². The Morgan fingerprint density at radius 3 is 2.55 bits per heavy atom. The zero-order chi connectivity index (χ0) is 15.4. The fourth-order valence-corrected chi connectivity index (χ4v) is 2.89. The van der Waals surface area contributed by atoms with Crippen LogP contribution in [0, 0.1) is 0 Å². The van der Waals surface area contributed by atoms with Gasteiger partial charge in [0, 0.05) is 12.1 Å². The second-order valence-electron chi connectivity index (χ2n) is 5.82. The summed E-state index contributed by atoms with van der Waals surface area (Å²) in [5, 5.41) is 15.5. The highest BCUT2D eigenvalue weighted by atomic mass is 16.4. The summed E-state index contributed by atoms with van der Waals surface area (Å²) < 4.78 is 0. The van der Waals surface area contributed by atoms with Crippen LogP contribution in [-0.2, 0) is 6.42 Å². The molecule has 1 saturated heterocycles. The molecule has 0 spiro atoms. The highest BCUT2D eigenvalue weighted by Gasteiger charge is 2.11. The fourth-order valence-electron chi connectivity index (χ4n) is 2.89. The average molecular weight is 299 g/mol. The van der Waals surface area contributed by atoms with Crippen LogP contribution in [0.1, 0.15) is 35.3 Å². The number of H-pyrrole nitrogens is 1. The molecule has 2 heterocycles. The number of carbonyl (C=O) groups is 1. The Morgan fingerprint density at radius 1 is 1.18 bits per heavy atom. The molecule has 22 heavy (non-hydrogen) atoms. The highest BCUT2D eigenvalue weighted by molar-refractivity contribution is 5.86. The van der Waals surface area contributed by atoms with Crippen molar-refractivity contribution in [3.63, 3.8) is 0 Å². The van der Waals surface area contributed by atoms with E-state index in [1.165, 1.54) is 37.9 Å². The summed E-state index contributed by atoms with van der Waals surface area (Å²) in [4.78, 5) is 13.4. The maximum Gasteiger partial charge on any atom is 0.353 e. The molecule has 2 aromatic rings. The summed E-state index contributed by atoms with van der Waals surface area (Å²) in [6.45, 7) is 3.57. The molecule has 1 aromatic heterocycles. The zero-order valence-electron chi connectivity index (χ0n) is 12.6. The van der Waals surface area contributed by atoms with Crippen molar-refractivity contribution in [1.82, 2.24) is 15.1 Å². The molecular formula is C17H21N3O2. The third-order valence-electron chi connectivity index (χ3n) is 4.22. The van der Waals surface area contributed by atoms with Gasteiger partial charge in [-0.3, -0.25) is 5.10 Å². The first-order valence-electron chi connectivity index (χ1n) is 7.83. The first-order chi connectivity index (χ1) is 10.7. The molecule has 1 aliphatic rings. The molecule has 2 N–H and O–H groups in total. The number of aromatic carboxylic acids is 1. The van der Waals surface area contributed by atoms with Gasteiger partial charge in [-0.1, -0.05) is 30.7 Å². The molecule has 0 radical (unpaired) electrons. The first-order valence-corrected chi connectivity index (χ1v) is 7.83. The minimum absolute atomic E-state index is 0.115. The van der Waals surface area contributed by atoms with Gasteiger partial charge >= 0.3 is 5.97 Å². The monoisotopic (exact) mass is 299 g/mol. The molecule has 1 fully saturated rings. The summed E-state index contributed by atoms with van der Waals surface area (Å²) in [7, 11) is 0. The predicted molar refractivity (Wildman–Crippen MR) is 85.0 cm³/mol. The van der Waals surface area contributed by atoms with Crippen LogP contribution in [0.3, 0.4) is 0 Å². The Hall–Kier alpha value is -2.14. The number of carboxylic acids is 1. The number of aromatic nitrogens is 2. The van der Waals surface area contributed by atoms with E-state index in [9.17, 15) is 4.79 Å². The molecule has 0 aliphatic carbocycles. The van der Waals surface area contributed by atoms with Crippen LogP contribution in [0.15, 0.2) is 30.3 Å². The number of likely N-dealkylation sites (tertiary alicyclic amines) is 1. The van der Waals surface area contributed by atoms with Crippen LogP contribution >= 0.6 is 0 Å². The number of carboxylic acid groups (broad SMARTS) is 1. The Balaban J connectivity index is 1.60. The quantitative estimate of drug-likeness (QED) is 0.890. The standard InChI is InChI=1S/C17H21N3O2/c21-17(22)16-12-15(18-19-16)14-6-4-13(5-7-14)8-11-20-9-2-1-3-10-20/h4-7,12H,1-3,8-11H2,(H,18,19)(H,21,22). The number of nitrogens with one attached hydrogen (secondary N) is 1. The Labute approximate surface area is 130 Å². The van der Waals surface area contributed by atoms with Crippen molar-refractivity contribution in [3.05, 3.63) is 41.6 Å². The maximum atomic E-state index is 10.9. The third-order valence-corrected chi connectivity index (χ3v) is 4.22. The molecule has 0 bridgehead atoms. The molecule has 116 valence electrons. The van der Waals surface area contributed by atoms with Crippen LogP contribution in [0.4, 0.5) is 0 Å². The summed E-state index contributed by atoms with van der Waals surface area (Å²) in [6, 6.07) is 9.79. The molecule has 1 aliphatic heterocycles. The van der Waals surface area contributed by atoms with Gasteiger partial charge in [0.05, 0.1) is 5.69 Å². The predicted octanol–water partition coefficient (Wildman–Crippen LogP) is 2.80. The highest BCUT2D eigenvalue weighted by Crippen LogP contribution is 2.19. The van der Waals surface area contributed by atoms with E-state index >= 15 is 0 Å². The van der Waals surface area contributed by atoms with Gasteiger partial charge in [-0.05, 0) is 44.0 Å². The van der Waals surface area contributed by atoms with Crippen molar-refractivity contribution in [2.75, 3.05) is 19.6 Å². The molecule has 0 amide bonds. The molecular weight excluding hydrogens is 278 g/mol. The molecule has 0 atom stereocenters. The lowest BCUT2D eigenvalue weighted by Crippen LogP contribution is -2.31. The molecule has 3 rings (SSSR count). The number of rotatable bonds is 5. The van der Waals surface area contributed by atoms with Crippen LogP contribution in [0.25, 0.3) is 11.3 Å². The Bertz CT molecular complexity index is 628. The number of benzene rings is 1. The van der Waals surface area contributed by atoms with E-state index in [0.717, 1.165) is 18.5 Å². The van der Waals surface area contributed by atoms with E-state index in [1.807, 2.05) is 12.1 Å². The molecule has 1 aromatic carbocycles. The van der Waals surface area contributed by atoms with Gasteiger partial charge in [-0.15, -0.1) is 0 Å². The molecule has 0 saturated carbocycles. The van der Waals surface area contributed by atoms with Crippen LogP contribution in [0.2, 0.25) is 0 Å². The smallest absolute Gasteiger partial charge is 0.353 e. The van der Waals surface area contributed by atoms with Crippen molar-refractivity contribution < 1.29 is 9.90 Å². The van der Waals surface area contributed by atoms with Crippen molar-refractivity contribution in [2.45, 2.75) is 25.7 Å². The van der Waals surface area contributed by atoms with E-state index in [1.54, 1.807) is 6.07 Å². The van der Waals surface area contributed by atoms with E-state index in [-0.39, 0.29) is 5.69 Å². The van der Waals surface area contributed by atoms with Gasteiger partial charge in [0.25, 0.3) is 0 Å². The number of piperidine rings is 1. The second-order valence-corrected chi connectivity index (χ2v) is 5.82. The van der Waals surface area contributed by atoms with E-state index in [4.69, 9.17) is 5.11 Å². The molecule has 5 nitrogen and oxygen atoms in total. The van der Waals surface area contributed by atoms with Gasteiger partial charge in [-0.25, -0.2) is 4.79 Å². The lowest BCUT2D eigenvalue weighted by Gasteiger charge is -2.26. The van der Waals surface area contributed by atoms with Crippen molar-refractivity contribution in [3.8, 4) is 11.3 Å². The SMILES string of the molecule is O=C(O)c1cc(-c2ccc(CCN3CCCCC3)cc2)n[nH]1. The second kappa shape index (κ2) is 6.75. The minimum atomic E-state index is -0.989. The maximum absolute atomic E-state index is 10.9. The fraction of sp³-hybridized carbons (Fsp3) is 0.412. The zero-order valence-corrected chi connectivity index (χ0v) is 12.6. The van der Waals surface area contributed by atoms with Crippen LogP contribution in [0.5, 0.6) is 0 Å². The van der Waals surface area contributed by atoms with Gasteiger partial charge in [0.2, 0.25) is 0 Å². The first kappa shape index (κ1) is 14.8. The summed E-state index contributed by atoms with van der Waals surface area (Å²) in [5.74, 6) is -0.989. The van der Waals surface area contributed by atoms with Crippen LogP contribution < -0.4 is 0 Å². The lowest BCUT2D eigenvalue weighted by molar-refractivity contribution is 0.0690. The molecule has 5 heteroatoms. The minimum Gasteiger partial charge on any atom is -0.477 e. The van der Waals surface area contributed by atoms with Gasteiger partial charge in [0.15, 0.2) is 0 Å². The normalized spacial score (nSPS) is 15.8. The Morgan fingerprint density at radius 2 is 1.91 bits per heavy atom. The van der Waals surface area contributed by atoms with E-state index in [2.05, 4.69) is 27.2 Å². The Kier molecular flexibility index (Phi) is 4.53. The number of hydrogen-bond donors (Lipinski definition) is 2. The third kappa shape index (κ3) is 3.54. The van der Waals surface area contributed by atoms with E-state index in [0.29, 0.717) is 5.69 Å². The van der Waals surface area contributed by atoms with Gasteiger partial charge in [0.1, 0.15) is 5.69 Å². The van der Waals surface area contributed by atoms with Crippen LogP contribution in [-0.4, -0.2) is 45.8 Å². The summed E-state index contributed by atoms with van der Waals surface area (Å²) in [6.07, 6.45) is 5.07. The average Bonchev–Trinajstić information content (AvgIpc) is 3.05. The van der Waals surface area contributed by atoms with Crippen molar-refractivity contribution >= 4 is 5.97 Å². The number of aromatic amines is 1.